The van der Waals surface area contributed by atoms with Crippen molar-refractivity contribution in [2.75, 3.05) is 45.2 Å². The number of allylic oxidation sites excluding steroid dienone is 5. The van der Waals surface area contributed by atoms with Gasteiger partial charge in [-0.1, -0.05) is 18.7 Å². The third-order valence-corrected chi connectivity index (χ3v) is 5.75. The van der Waals surface area contributed by atoms with E-state index in [2.05, 4.69) is 28.7 Å². The number of rotatable bonds is 6. The molecule has 6 nitrogen and oxygen atoms in total. The number of anilines is 1. The number of likely N-dealkylation sites (N-methyl/N-ethyl adjacent to an activating group) is 1. The molecule has 1 aliphatic rings. The van der Waals surface area contributed by atoms with Gasteiger partial charge in [-0.2, -0.15) is 0 Å². The molecule has 0 unspecified atom stereocenters. The van der Waals surface area contributed by atoms with Gasteiger partial charge >= 0.3 is 0 Å². The highest BCUT2D eigenvalue weighted by molar-refractivity contribution is 5.85. The highest BCUT2D eigenvalue weighted by atomic mass is 19.1. The Labute approximate surface area is 188 Å². The predicted molar refractivity (Wildman–Crippen MR) is 129 cm³/mol. The van der Waals surface area contributed by atoms with E-state index in [1.165, 1.54) is 12.1 Å². The largest absolute Gasteiger partial charge is 0.392 e. The molecule has 7 heteroatoms. The van der Waals surface area contributed by atoms with Crippen molar-refractivity contribution in [3.63, 3.8) is 0 Å². The lowest BCUT2D eigenvalue weighted by molar-refractivity contribution is 0.311. The molecule has 1 aromatic carbocycles. The second-order valence-electron chi connectivity index (χ2n) is 8.00. The Balaban J connectivity index is 1.92. The van der Waals surface area contributed by atoms with E-state index in [0.29, 0.717) is 0 Å². The highest BCUT2D eigenvalue weighted by Crippen LogP contribution is 2.31. The maximum Gasteiger partial charge on any atom is 0.155 e. The van der Waals surface area contributed by atoms with Gasteiger partial charge in [-0.3, -0.25) is 0 Å². The van der Waals surface area contributed by atoms with Crippen LogP contribution in [0.4, 0.5) is 10.2 Å². The van der Waals surface area contributed by atoms with Gasteiger partial charge in [0.2, 0.25) is 0 Å². The first-order valence-corrected chi connectivity index (χ1v) is 10.8. The van der Waals surface area contributed by atoms with Crippen molar-refractivity contribution >= 4 is 17.0 Å². The first-order chi connectivity index (χ1) is 15.5. The van der Waals surface area contributed by atoms with Crippen LogP contribution in [-0.4, -0.2) is 59.8 Å². The minimum atomic E-state index is -0.276. The first kappa shape index (κ1) is 21.8. The monoisotopic (exact) mass is 432 g/mol. The van der Waals surface area contributed by atoms with Crippen molar-refractivity contribution in [2.24, 2.45) is 0 Å². The van der Waals surface area contributed by atoms with Crippen molar-refractivity contribution in [1.29, 1.82) is 0 Å². The van der Waals surface area contributed by atoms with E-state index >= 15 is 0 Å². The topological polar surface area (TPSA) is 48.7 Å². The van der Waals surface area contributed by atoms with Crippen LogP contribution < -0.4 is 10.2 Å². The Bertz CT molecular complexity index is 1170. The molecule has 32 heavy (non-hydrogen) atoms. The smallest absolute Gasteiger partial charge is 0.155 e. The molecule has 4 rings (SSSR count). The van der Waals surface area contributed by atoms with Crippen molar-refractivity contribution in [3.8, 4) is 11.3 Å². The molecule has 0 atom stereocenters. The van der Waals surface area contributed by atoms with Gasteiger partial charge < -0.3 is 15.1 Å². The van der Waals surface area contributed by atoms with Crippen molar-refractivity contribution in [2.45, 2.75) is 6.92 Å². The summed E-state index contributed by atoms with van der Waals surface area (Å²) in [6.07, 6.45) is 5.75. The fraction of sp³-hybridized carbons (Fsp3) is 0.280. The number of hydrogen-bond acceptors (Lipinski definition) is 5. The fourth-order valence-electron chi connectivity index (χ4n) is 3.82. The summed E-state index contributed by atoms with van der Waals surface area (Å²) < 4.78 is 15.5. The fourth-order valence-corrected chi connectivity index (χ4v) is 3.82. The Morgan fingerprint density at radius 2 is 1.81 bits per heavy atom. The van der Waals surface area contributed by atoms with Crippen LogP contribution in [0.1, 0.15) is 12.6 Å². The Morgan fingerprint density at radius 3 is 2.47 bits per heavy atom. The van der Waals surface area contributed by atoms with Crippen molar-refractivity contribution in [1.82, 2.24) is 24.8 Å². The van der Waals surface area contributed by atoms with Crippen LogP contribution in [0.25, 0.3) is 22.5 Å². The zero-order valence-electron chi connectivity index (χ0n) is 18.8. The molecular formula is C25H29FN6. The Kier molecular flexibility index (Phi) is 6.37. The minimum Gasteiger partial charge on any atom is -0.392 e. The standard InChI is InChI=1S/C25H29FN6/c1-5-6-20(17-18(2)27-3)25-24(19-7-9-21(26)10-8-19)28-22-11-12-23(29-32(22)25)31-15-13-30(4)14-16-31/h5-12,17,27H,1,13-16H2,2-4H3/b18-17+,20-6+. The molecule has 166 valence electrons. The van der Waals surface area contributed by atoms with Crippen LogP contribution in [-0.2, 0) is 0 Å². The summed E-state index contributed by atoms with van der Waals surface area (Å²) in [4.78, 5) is 9.49. The van der Waals surface area contributed by atoms with Gasteiger partial charge in [0.1, 0.15) is 17.3 Å². The molecule has 1 saturated heterocycles. The number of imidazole rings is 1. The lowest BCUT2D eigenvalue weighted by Crippen LogP contribution is -2.44. The average molecular weight is 433 g/mol. The Morgan fingerprint density at radius 1 is 1.09 bits per heavy atom. The molecular weight excluding hydrogens is 403 g/mol. The molecule has 0 amide bonds. The van der Waals surface area contributed by atoms with Gasteiger partial charge in [-0.05, 0) is 56.4 Å². The molecule has 1 fully saturated rings. The quantitative estimate of drug-likeness (QED) is 0.597. The van der Waals surface area contributed by atoms with Crippen LogP contribution in [0.5, 0.6) is 0 Å². The normalized spacial score (nSPS) is 15.9. The molecule has 1 aliphatic heterocycles. The zero-order chi connectivity index (χ0) is 22.7. The van der Waals surface area contributed by atoms with E-state index in [9.17, 15) is 4.39 Å². The number of hydrogen-bond donors (Lipinski definition) is 1. The summed E-state index contributed by atoms with van der Waals surface area (Å²) in [6, 6.07) is 10.4. The number of piperazine rings is 1. The van der Waals surface area contributed by atoms with Crippen LogP contribution in [0.3, 0.4) is 0 Å². The number of nitrogens with one attached hydrogen (secondary N) is 1. The third-order valence-electron chi connectivity index (χ3n) is 5.75. The van der Waals surface area contributed by atoms with E-state index in [-0.39, 0.29) is 5.82 Å². The third kappa shape index (κ3) is 4.43. The molecule has 2 aromatic heterocycles. The van der Waals surface area contributed by atoms with Crippen molar-refractivity contribution in [3.05, 3.63) is 78.4 Å². The van der Waals surface area contributed by atoms with E-state index < -0.39 is 0 Å². The molecule has 3 heterocycles. The molecule has 0 saturated carbocycles. The number of halogens is 1. The minimum absolute atomic E-state index is 0.276. The van der Waals surface area contributed by atoms with Crippen LogP contribution >= 0.6 is 0 Å². The number of nitrogens with zero attached hydrogens (tertiary/aromatic N) is 5. The molecule has 1 N–H and O–H groups in total. The van der Waals surface area contributed by atoms with E-state index in [1.807, 2.05) is 42.8 Å². The summed E-state index contributed by atoms with van der Waals surface area (Å²) in [5, 5.41) is 8.16. The van der Waals surface area contributed by atoms with Gasteiger partial charge in [0, 0.05) is 50.1 Å². The van der Waals surface area contributed by atoms with Gasteiger partial charge in [0.25, 0.3) is 0 Å². The summed E-state index contributed by atoms with van der Waals surface area (Å²) >= 11 is 0. The van der Waals surface area contributed by atoms with Gasteiger partial charge in [-0.15, -0.1) is 5.10 Å². The zero-order valence-corrected chi connectivity index (χ0v) is 18.8. The number of benzene rings is 1. The second kappa shape index (κ2) is 9.36. The van der Waals surface area contributed by atoms with E-state index in [4.69, 9.17) is 10.1 Å². The maximum atomic E-state index is 13.6. The average Bonchev–Trinajstić information content (AvgIpc) is 3.18. The van der Waals surface area contributed by atoms with Crippen LogP contribution in [0.2, 0.25) is 0 Å². The molecule has 0 bridgehead atoms. The van der Waals surface area contributed by atoms with Crippen LogP contribution in [0, 0.1) is 5.82 Å². The second-order valence-corrected chi connectivity index (χ2v) is 8.00. The maximum absolute atomic E-state index is 13.6. The lowest BCUT2D eigenvalue weighted by atomic mass is 10.0. The predicted octanol–water partition coefficient (Wildman–Crippen LogP) is 3.98. The van der Waals surface area contributed by atoms with Crippen molar-refractivity contribution < 1.29 is 4.39 Å². The highest BCUT2D eigenvalue weighted by Gasteiger charge is 2.21. The lowest BCUT2D eigenvalue weighted by Gasteiger charge is -2.33. The summed E-state index contributed by atoms with van der Waals surface area (Å²) in [5.41, 5.74) is 5.08. The molecule has 3 aromatic rings. The van der Waals surface area contributed by atoms with E-state index in [0.717, 1.165) is 65.9 Å². The Hall–Kier alpha value is -3.45. The van der Waals surface area contributed by atoms with E-state index in [1.54, 1.807) is 18.2 Å². The summed E-state index contributed by atoms with van der Waals surface area (Å²) in [6.45, 7) is 9.76. The van der Waals surface area contributed by atoms with Gasteiger partial charge in [0.05, 0.1) is 5.69 Å². The summed E-state index contributed by atoms with van der Waals surface area (Å²) in [7, 11) is 4.02. The van der Waals surface area contributed by atoms with Gasteiger partial charge in [-0.25, -0.2) is 13.9 Å². The number of aromatic nitrogens is 3. The first-order valence-electron chi connectivity index (χ1n) is 10.8. The van der Waals surface area contributed by atoms with Crippen LogP contribution in [0.15, 0.2) is 66.9 Å². The molecule has 0 radical (unpaired) electrons. The summed E-state index contributed by atoms with van der Waals surface area (Å²) in [5.74, 6) is 0.643. The molecule has 0 aliphatic carbocycles. The number of fused-ring (bicyclic) bond motifs is 1. The SMILES string of the molecule is C=C/C=C(\C=C(/C)NC)c1c(-c2ccc(F)cc2)nc2ccc(N3CCN(C)CC3)nn12. The molecule has 0 spiro atoms. The van der Waals surface area contributed by atoms with Gasteiger partial charge in [0.15, 0.2) is 5.65 Å².